The monoisotopic (exact) mass is 262 g/mol. The Balaban J connectivity index is 2.12. The number of morpholine rings is 1. The third kappa shape index (κ3) is 3.14. The molecular weight excluding hydrogens is 240 g/mol. The van der Waals surface area contributed by atoms with Gasteiger partial charge in [-0.3, -0.25) is 4.79 Å². The first-order chi connectivity index (χ1) is 8.99. The molecule has 1 amide bonds. The van der Waals surface area contributed by atoms with Crippen LogP contribution in [-0.2, 0) is 4.74 Å². The Morgan fingerprint density at radius 3 is 2.79 bits per heavy atom. The largest absolute Gasteiger partial charge is 0.373 e. The summed E-state index contributed by atoms with van der Waals surface area (Å²) in [4.78, 5) is 14.3. The molecule has 1 aromatic carbocycles. The van der Waals surface area contributed by atoms with Crippen molar-refractivity contribution in [3.8, 4) is 0 Å². The van der Waals surface area contributed by atoms with Gasteiger partial charge in [0.15, 0.2) is 0 Å². The summed E-state index contributed by atoms with van der Waals surface area (Å²) < 4.78 is 5.58. The van der Waals surface area contributed by atoms with Crippen molar-refractivity contribution in [2.75, 3.05) is 19.7 Å². The highest BCUT2D eigenvalue weighted by molar-refractivity contribution is 5.94. The van der Waals surface area contributed by atoms with Crippen LogP contribution in [0.25, 0.3) is 0 Å². The van der Waals surface area contributed by atoms with Crippen molar-refractivity contribution < 1.29 is 9.53 Å². The maximum absolute atomic E-state index is 12.5. The number of rotatable bonds is 2. The summed E-state index contributed by atoms with van der Waals surface area (Å²) in [5, 5.41) is 0. The van der Waals surface area contributed by atoms with E-state index < -0.39 is 0 Å². The molecule has 19 heavy (non-hydrogen) atoms. The summed E-state index contributed by atoms with van der Waals surface area (Å²) in [5.74, 6) is 0.0667. The molecule has 1 fully saturated rings. The molecule has 4 heteroatoms. The fourth-order valence-electron chi connectivity index (χ4n) is 2.24. The standard InChI is InChI=1S/C15H22N2O2/c1-10-4-5-13(8-11(10)2)15(18)17-6-7-19-14(9-17)12(3)16/h4-5,8,12,14H,6-7,9,16H2,1-3H3. The van der Waals surface area contributed by atoms with Gasteiger partial charge in [-0.1, -0.05) is 6.07 Å². The molecule has 0 spiro atoms. The number of nitrogens with zero attached hydrogens (tertiary/aromatic N) is 1. The molecule has 0 aromatic heterocycles. The number of carbonyl (C=O) groups excluding carboxylic acids is 1. The highest BCUT2D eigenvalue weighted by Crippen LogP contribution is 2.15. The Morgan fingerprint density at radius 2 is 2.16 bits per heavy atom. The molecule has 0 bridgehead atoms. The van der Waals surface area contributed by atoms with Crippen LogP contribution in [0.2, 0.25) is 0 Å². The summed E-state index contributed by atoms with van der Waals surface area (Å²) in [7, 11) is 0. The minimum atomic E-state index is -0.0655. The molecular formula is C15H22N2O2. The van der Waals surface area contributed by atoms with Crippen LogP contribution in [0.1, 0.15) is 28.4 Å². The lowest BCUT2D eigenvalue weighted by atomic mass is 10.0. The molecule has 0 aliphatic carbocycles. The molecule has 2 rings (SSSR count). The second kappa shape index (κ2) is 5.72. The van der Waals surface area contributed by atoms with Crippen LogP contribution in [0.5, 0.6) is 0 Å². The predicted molar refractivity (Wildman–Crippen MR) is 75.2 cm³/mol. The van der Waals surface area contributed by atoms with E-state index in [4.69, 9.17) is 10.5 Å². The first-order valence-electron chi connectivity index (χ1n) is 6.72. The van der Waals surface area contributed by atoms with E-state index >= 15 is 0 Å². The number of aryl methyl sites for hydroxylation is 2. The zero-order chi connectivity index (χ0) is 14.0. The van der Waals surface area contributed by atoms with Gasteiger partial charge in [0.1, 0.15) is 0 Å². The fourth-order valence-corrected chi connectivity index (χ4v) is 2.24. The summed E-state index contributed by atoms with van der Waals surface area (Å²) in [6.45, 7) is 7.75. The van der Waals surface area contributed by atoms with Crippen molar-refractivity contribution in [1.29, 1.82) is 0 Å². The lowest BCUT2D eigenvalue weighted by molar-refractivity contribution is -0.0300. The maximum Gasteiger partial charge on any atom is 0.254 e. The topological polar surface area (TPSA) is 55.6 Å². The van der Waals surface area contributed by atoms with Gasteiger partial charge in [0.25, 0.3) is 5.91 Å². The van der Waals surface area contributed by atoms with Crippen molar-refractivity contribution >= 4 is 5.91 Å². The minimum absolute atomic E-state index is 0.0599. The molecule has 1 aromatic rings. The number of hydrogen-bond donors (Lipinski definition) is 1. The lowest BCUT2D eigenvalue weighted by Crippen LogP contribution is -2.51. The van der Waals surface area contributed by atoms with E-state index in [-0.39, 0.29) is 18.1 Å². The van der Waals surface area contributed by atoms with Crippen LogP contribution in [0.15, 0.2) is 18.2 Å². The van der Waals surface area contributed by atoms with E-state index in [1.807, 2.05) is 43.9 Å². The van der Waals surface area contributed by atoms with Crippen molar-refractivity contribution in [1.82, 2.24) is 4.90 Å². The Labute approximate surface area is 114 Å². The summed E-state index contributed by atoms with van der Waals surface area (Å²) in [6, 6.07) is 5.77. The van der Waals surface area contributed by atoms with Crippen LogP contribution < -0.4 is 5.73 Å². The first-order valence-corrected chi connectivity index (χ1v) is 6.72. The van der Waals surface area contributed by atoms with E-state index in [1.165, 1.54) is 5.56 Å². The predicted octanol–water partition coefficient (Wildman–Crippen LogP) is 1.49. The summed E-state index contributed by atoms with van der Waals surface area (Å²) in [5.41, 5.74) is 8.94. The molecule has 104 valence electrons. The van der Waals surface area contributed by atoms with E-state index in [1.54, 1.807) is 0 Å². The number of ether oxygens (including phenoxy) is 1. The second-order valence-corrected chi connectivity index (χ2v) is 5.32. The number of hydrogen-bond acceptors (Lipinski definition) is 3. The van der Waals surface area contributed by atoms with E-state index in [9.17, 15) is 4.79 Å². The van der Waals surface area contributed by atoms with Gasteiger partial charge in [-0.25, -0.2) is 0 Å². The maximum atomic E-state index is 12.5. The van der Waals surface area contributed by atoms with Crippen LogP contribution in [-0.4, -0.2) is 42.6 Å². The van der Waals surface area contributed by atoms with Gasteiger partial charge in [-0.2, -0.15) is 0 Å². The average Bonchev–Trinajstić information content (AvgIpc) is 2.41. The van der Waals surface area contributed by atoms with E-state index in [0.29, 0.717) is 19.7 Å². The molecule has 1 aliphatic rings. The third-order valence-electron chi connectivity index (χ3n) is 3.72. The quantitative estimate of drug-likeness (QED) is 0.878. The second-order valence-electron chi connectivity index (χ2n) is 5.32. The molecule has 0 radical (unpaired) electrons. The molecule has 2 N–H and O–H groups in total. The van der Waals surface area contributed by atoms with Crippen LogP contribution in [0, 0.1) is 13.8 Å². The van der Waals surface area contributed by atoms with Crippen LogP contribution >= 0.6 is 0 Å². The minimum Gasteiger partial charge on any atom is -0.373 e. The SMILES string of the molecule is Cc1ccc(C(=O)N2CCOC(C(C)N)C2)cc1C. The normalized spacial score (nSPS) is 21.3. The molecule has 2 atom stereocenters. The van der Waals surface area contributed by atoms with Crippen LogP contribution in [0.4, 0.5) is 0 Å². The van der Waals surface area contributed by atoms with Crippen molar-refractivity contribution in [2.45, 2.75) is 32.9 Å². The molecule has 1 heterocycles. The van der Waals surface area contributed by atoms with Crippen molar-refractivity contribution in [2.24, 2.45) is 5.73 Å². The number of amides is 1. The Hall–Kier alpha value is -1.39. The molecule has 1 saturated heterocycles. The lowest BCUT2D eigenvalue weighted by Gasteiger charge is -2.34. The van der Waals surface area contributed by atoms with Crippen LogP contribution in [0.3, 0.4) is 0 Å². The molecule has 4 nitrogen and oxygen atoms in total. The number of nitrogens with two attached hydrogens (primary N) is 1. The van der Waals surface area contributed by atoms with Gasteiger partial charge >= 0.3 is 0 Å². The first kappa shape index (κ1) is 14.0. The zero-order valence-electron chi connectivity index (χ0n) is 11.8. The highest BCUT2D eigenvalue weighted by Gasteiger charge is 2.27. The highest BCUT2D eigenvalue weighted by atomic mass is 16.5. The van der Waals surface area contributed by atoms with Gasteiger partial charge in [0.05, 0.1) is 12.7 Å². The number of carbonyl (C=O) groups is 1. The van der Waals surface area contributed by atoms with Gasteiger partial charge in [0.2, 0.25) is 0 Å². The van der Waals surface area contributed by atoms with Crippen molar-refractivity contribution in [3.63, 3.8) is 0 Å². The molecule has 2 unspecified atom stereocenters. The Kier molecular flexibility index (Phi) is 4.22. The molecule has 0 saturated carbocycles. The van der Waals surface area contributed by atoms with Gasteiger partial charge in [-0.15, -0.1) is 0 Å². The Morgan fingerprint density at radius 1 is 1.42 bits per heavy atom. The Bertz CT molecular complexity index is 471. The van der Waals surface area contributed by atoms with Gasteiger partial charge in [0, 0.05) is 24.7 Å². The van der Waals surface area contributed by atoms with Crippen molar-refractivity contribution in [3.05, 3.63) is 34.9 Å². The van der Waals surface area contributed by atoms with Gasteiger partial charge < -0.3 is 15.4 Å². The zero-order valence-corrected chi connectivity index (χ0v) is 11.8. The number of benzene rings is 1. The summed E-state index contributed by atoms with van der Waals surface area (Å²) >= 11 is 0. The fraction of sp³-hybridized carbons (Fsp3) is 0.533. The van der Waals surface area contributed by atoms with E-state index in [2.05, 4.69) is 0 Å². The average molecular weight is 262 g/mol. The third-order valence-corrected chi connectivity index (χ3v) is 3.72. The molecule has 1 aliphatic heterocycles. The van der Waals surface area contributed by atoms with Gasteiger partial charge in [-0.05, 0) is 44.0 Å². The summed E-state index contributed by atoms with van der Waals surface area (Å²) in [6.07, 6.45) is -0.0655. The van der Waals surface area contributed by atoms with E-state index in [0.717, 1.165) is 11.1 Å². The smallest absolute Gasteiger partial charge is 0.254 e.